The fourth-order valence-electron chi connectivity index (χ4n) is 1.16. The molecule has 0 aliphatic carbocycles. The molecule has 2 N–H and O–H groups in total. The van der Waals surface area contributed by atoms with Crippen molar-refractivity contribution in [3.05, 3.63) is 34.6 Å². The summed E-state index contributed by atoms with van der Waals surface area (Å²) in [5, 5.41) is 3.23. The van der Waals surface area contributed by atoms with Crippen molar-refractivity contribution in [3.8, 4) is 11.3 Å². The lowest BCUT2D eigenvalue weighted by Crippen LogP contribution is -1.91. The second-order valence-corrected chi connectivity index (χ2v) is 3.34. The van der Waals surface area contributed by atoms with E-state index in [1.165, 1.54) is 0 Å². The van der Waals surface area contributed by atoms with Gasteiger partial charge in [0.05, 0.1) is 0 Å². The van der Waals surface area contributed by atoms with Crippen LogP contribution >= 0.6 is 11.6 Å². The maximum atomic E-state index is 12.9. The predicted octanol–water partition coefficient (Wildman–Crippen LogP) is 2.99. The van der Waals surface area contributed by atoms with E-state index in [2.05, 4.69) is 9.68 Å². The Labute approximate surface area is 92.6 Å². The lowest BCUT2D eigenvalue weighted by molar-refractivity contribution is 0.430. The van der Waals surface area contributed by atoms with Gasteiger partial charge < -0.3 is 10.3 Å². The van der Waals surface area contributed by atoms with Crippen LogP contribution in [0.5, 0.6) is 0 Å². The van der Waals surface area contributed by atoms with Crippen LogP contribution in [0.3, 0.4) is 0 Å². The van der Waals surface area contributed by atoms with Gasteiger partial charge in [-0.05, 0) is 12.1 Å². The first-order valence-corrected chi connectivity index (χ1v) is 4.44. The van der Waals surface area contributed by atoms with Crippen LogP contribution in [0, 0.1) is 17.5 Å². The highest BCUT2D eigenvalue weighted by Crippen LogP contribution is 2.33. The summed E-state index contributed by atoms with van der Waals surface area (Å²) in [5.41, 5.74) is 5.21. The van der Waals surface area contributed by atoms with Gasteiger partial charge in [0.15, 0.2) is 29.0 Å². The highest BCUT2D eigenvalue weighted by Gasteiger charge is 2.18. The van der Waals surface area contributed by atoms with Gasteiger partial charge in [0.2, 0.25) is 0 Å². The molecule has 7 heteroatoms. The number of nitrogens with two attached hydrogens (primary N) is 1. The van der Waals surface area contributed by atoms with Crippen LogP contribution < -0.4 is 5.73 Å². The smallest absolute Gasteiger partial charge is 0.194 e. The van der Waals surface area contributed by atoms with E-state index < -0.39 is 17.5 Å². The van der Waals surface area contributed by atoms with E-state index >= 15 is 0 Å². The van der Waals surface area contributed by atoms with Crippen LogP contribution in [-0.4, -0.2) is 5.16 Å². The summed E-state index contributed by atoms with van der Waals surface area (Å²) in [7, 11) is 0. The maximum Gasteiger partial charge on any atom is 0.194 e. The largest absolute Gasteiger partial charge is 0.380 e. The van der Waals surface area contributed by atoms with Gasteiger partial charge in [-0.3, -0.25) is 0 Å². The number of aromatic nitrogens is 1. The zero-order valence-corrected chi connectivity index (χ0v) is 8.36. The summed E-state index contributed by atoms with van der Waals surface area (Å²) in [6.45, 7) is 0. The van der Waals surface area contributed by atoms with Gasteiger partial charge in [-0.2, -0.15) is 0 Å². The average Bonchev–Trinajstić information content (AvgIpc) is 2.56. The van der Waals surface area contributed by atoms with Gasteiger partial charge in [0, 0.05) is 5.56 Å². The van der Waals surface area contributed by atoms with Crippen LogP contribution in [0.2, 0.25) is 5.02 Å². The Kier molecular flexibility index (Phi) is 2.51. The molecule has 0 aliphatic rings. The summed E-state index contributed by atoms with van der Waals surface area (Å²) in [5.74, 6) is -4.48. The molecule has 0 saturated heterocycles. The maximum absolute atomic E-state index is 12.9. The topological polar surface area (TPSA) is 52.0 Å². The molecule has 0 atom stereocenters. The molecule has 84 valence electrons. The second kappa shape index (κ2) is 3.71. The number of nitrogens with zero attached hydrogens (tertiary/aromatic N) is 1. The number of anilines is 1. The predicted molar refractivity (Wildman–Crippen MR) is 51.2 cm³/mol. The summed E-state index contributed by atoms with van der Waals surface area (Å²) >= 11 is 5.67. The van der Waals surface area contributed by atoms with Crippen molar-refractivity contribution in [3.63, 3.8) is 0 Å². The van der Waals surface area contributed by atoms with Crippen LogP contribution in [0.15, 0.2) is 16.7 Å². The highest BCUT2D eigenvalue weighted by molar-refractivity contribution is 6.35. The Balaban J connectivity index is 2.61. The van der Waals surface area contributed by atoms with Crippen molar-refractivity contribution in [2.45, 2.75) is 0 Å². The zero-order chi connectivity index (χ0) is 11.9. The lowest BCUT2D eigenvalue weighted by Gasteiger charge is -1.99. The van der Waals surface area contributed by atoms with Crippen molar-refractivity contribution in [1.82, 2.24) is 5.16 Å². The van der Waals surface area contributed by atoms with E-state index in [0.29, 0.717) is 0 Å². The van der Waals surface area contributed by atoms with Gasteiger partial charge in [-0.1, -0.05) is 16.8 Å². The van der Waals surface area contributed by atoms with Crippen LogP contribution in [-0.2, 0) is 0 Å². The monoisotopic (exact) mass is 248 g/mol. The molecule has 0 radical (unpaired) electrons. The fraction of sp³-hybridized carbons (Fsp3) is 0. The lowest BCUT2D eigenvalue weighted by atomic mass is 10.1. The first-order valence-electron chi connectivity index (χ1n) is 4.06. The zero-order valence-electron chi connectivity index (χ0n) is 7.60. The molecule has 1 heterocycles. The molecule has 0 spiro atoms. The Hall–Kier alpha value is -1.69. The Morgan fingerprint density at radius 3 is 2.19 bits per heavy atom. The van der Waals surface area contributed by atoms with E-state index in [4.69, 9.17) is 17.3 Å². The minimum atomic E-state index is -1.56. The van der Waals surface area contributed by atoms with Crippen molar-refractivity contribution in [1.29, 1.82) is 0 Å². The molecular weight excluding hydrogens is 245 g/mol. The molecule has 2 rings (SSSR count). The molecule has 1 aromatic carbocycles. The molecule has 0 amide bonds. The van der Waals surface area contributed by atoms with Gasteiger partial charge in [0.25, 0.3) is 0 Å². The molecule has 2 aromatic rings. The number of halogens is 4. The van der Waals surface area contributed by atoms with Gasteiger partial charge in [-0.15, -0.1) is 0 Å². The first kappa shape index (κ1) is 10.8. The number of hydrogen-bond acceptors (Lipinski definition) is 3. The molecule has 16 heavy (non-hydrogen) atoms. The summed E-state index contributed by atoms with van der Waals surface area (Å²) < 4.78 is 43.2. The number of rotatable bonds is 1. The third-order valence-electron chi connectivity index (χ3n) is 1.91. The normalized spacial score (nSPS) is 10.8. The van der Waals surface area contributed by atoms with E-state index in [0.717, 1.165) is 12.1 Å². The van der Waals surface area contributed by atoms with Crippen LogP contribution in [0.1, 0.15) is 0 Å². The van der Waals surface area contributed by atoms with Crippen molar-refractivity contribution in [2.75, 3.05) is 5.73 Å². The molecule has 0 aliphatic heterocycles. The van der Waals surface area contributed by atoms with Crippen molar-refractivity contribution >= 4 is 17.4 Å². The third kappa shape index (κ3) is 1.61. The highest BCUT2D eigenvalue weighted by atomic mass is 35.5. The minimum absolute atomic E-state index is 0.0781. The molecule has 0 saturated carbocycles. The van der Waals surface area contributed by atoms with E-state index in [-0.39, 0.29) is 22.2 Å². The SMILES string of the molecule is Nc1noc(-c2cc(F)c(F)c(F)c2)c1Cl. The fourth-order valence-corrected chi connectivity index (χ4v) is 1.34. The van der Waals surface area contributed by atoms with Crippen LogP contribution in [0.25, 0.3) is 11.3 Å². The summed E-state index contributed by atoms with van der Waals surface area (Å²) in [6, 6.07) is 1.48. The van der Waals surface area contributed by atoms with Gasteiger partial charge in [0.1, 0.15) is 5.02 Å². The number of nitrogen functional groups attached to an aromatic ring is 1. The van der Waals surface area contributed by atoms with Crippen LogP contribution in [0.4, 0.5) is 19.0 Å². The summed E-state index contributed by atoms with van der Waals surface area (Å²) in [6.07, 6.45) is 0. The van der Waals surface area contributed by atoms with E-state index in [1.54, 1.807) is 0 Å². The third-order valence-corrected chi connectivity index (χ3v) is 2.27. The van der Waals surface area contributed by atoms with Crippen molar-refractivity contribution < 1.29 is 17.7 Å². The average molecular weight is 249 g/mol. The number of benzene rings is 1. The molecule has 0 bridgehead atoms. The Morgan fingerprint density at radius 2 is 1.75 bits per heavy atom. The van der Waals surface area contributed by atoms with E-state index in [1.807, 2.05) is 0 Å². The van der Waals surface area contributed by atoms with Gasteiger partial charge in [-0.25, -0.2) is 13.2 Å². The summed E-state index contributed by atoms with van der Waals surface area (Å²) in [4.78, 5) is 0. The molecule has 0 unspecified atom stereocenters. The first-order chi connectivity index (χ1) is 7.50. The Morgan fingerprint density at radius 1 is 1.19 bits per heavy atom. The van der Waals surface area contributed by atoms with Gasteiger partial charge >= 0.3 is 0 Å². The minimum Gasteiger partial charge on any atom is -0.380 e. The standard InChI is InChI=1S/C9H4ClF3N2O/c10-6-8(16-15-9(6)14)3-1-4(11)7(13)5(12)2-3/h1-2H,(H2,14,15). The second-order valence-electron chi connectivity index (χ2n) is 2.96. The molecule has 3 nitrogen and oxygen atoms in total. The molecule has 0 fully saturated rings. The molecule has 1 aromatic heterocycles. The van der Waals surface area contributed by atoms with E-state index in [9.17, 15) is 13.2 Å². The quantitative estimate of drug-likeness (QED) is 0.790. The van der Waals surface area contributed by atoms with Crippen molar-refractivity contribution in [2.24, 2.45) is 0 Å². The molecular formula is C9H4ClF3N2O. The number of hydrogen-bond donors (Lipinski definition) is 1. The Bertz CT molecular complexity index is 533.